The monoisotopic (exact) mass is 304 g/mol. The predicted octanol–water partition coefficient (Wildman–Crippen LogP) is 3.32. The summed E-state index contributed by atoms with van der Waals surface area (Å²) in [6.07, 6.45) is 1.80. The number of methoxy groups -OCH3 is 1. The second kappa shape index (κ2) is 4.79. The van der Waals surface area contributed by atoms with Gasteiger partial charge in [-0.05, 0) is 10.8 Å². The average Bonchev–Trinajstić information content (AvgIpc) is 2.32. The van der Waals surface area contributed by atoms with Crippen molar-refractivity contribution in [2.75, 3.05) is 7.11 Å². The molecule has 0 unspecified atom stereocenters. The van der Waals surface area contributed by atoms with Gasteiger partial charge in [0.25, 0.3) is 0 Å². The zero-order chi connectivity index (χ0) is 16.3. The van der Waals surface area contributed by atoms with E-state index in [1.54, 1.807) is 7.11 Å². The first-order valence-corrected chi connectivity index (χ1v) is 7.87. The maximum Gasteiger partial charge on any atom is 0.165 e. The topological polar surface area (TPSA) is 52.6 Å². The van der Waals surface area contributed by atoms with Gasteiger partial charge in [-0.15, -0.1) is 0 Å². The van der Waals surface area contributed by atoms with Crippen LogP contribution in [0.5, 0.6) is 0 Å². The molecule has 2 aliphatic carbocycles. The van der Waals surface area contributed by atoms with Crippen molar-refractivity contribution in [3.63, 3.8) is 0 Å². The van der Waals surface area contributed by atoms with Crippen molar-refractivity contribution in [1.82, 2.24) is 0 Å². The van der Waals surface area contributed by atoms with Gasteiger partial charge in [0.2, 0.25) is 0 Å². The molecule has 0 fully saturated rings. The van der Waals surface area contributed by atoms with Crippen LogP contribution in [0.25, 0.3) is 0 Å². The Labute approximate surface area is 131 Å². The molecule has 0 saturated carbocycles. The smallest absolute Gasteiger partial charge is 0.165 e. The van der Waals surface area contributed by atoms with E-state index in [-0.39, 0.29) is 22.4 Å². The maximum atomic E-state index is 12.6. The Morgan fingerprint density at radius 3 is 1.64 bits per heavy atom. The van der Waals surface area contributed by atoms with Gasteiger partial charge < -0.3 is 9.47 Å². The fourth-order valence-corrected chi connectivity index (χ4v) is 3.85. The molecule has 0 spiro atoms. The van der Waals surface area contributed by atoms with Crippen molar-refractivity contribution >= 4 is 11.6 Å². The molecule has 0 aromatic heterocycles. The molecular formula is C18H24O4. The lowest BCUT2D eigenvalue weighted by molar-refractivity contribution is -0.122. The molecule has 0 N–H and O–H groups in total. The minimum Gasteiger partial charge on any atom is -0.465 e. The summed E-state index contributed by atoms with van der Waals surface area (Å²) in [5, 5.41) is 0. The normalized spacial score (nSPS) is 27.5. The number of ether oxygens (including phenoxy) is 2. The van der Waals surface area contributed by atoms with Crippen LogP contribution >= 0.6 is 0 Å². The van der Waals surface area contributed by atoms with Gasteiger partial charge in [-0.2, -0.15) is 0 Å². The van der Waals surface area contributed by atoms with Gasteiger partial charge in [0.15, 0.2) is 11.6 Å². The van der Waals surface area contributed by atoms with Gasteiger partial charge in [0.1, 0.15) is 17.6 Å². The molecule has 0 atom stereocenters. The molecule has 0 aromatic carbocycles. The quantitative estimate of drug-likeness (QED) is 0.745. The van der Waals surface area contributed by atoms with E-state index in [2.05, 4.69) is 27.7 Å². The van der Waals surface area contributed by atoms with Gasteiger partial charge in [-0.1, -0.05) is 27.7 Å². The summed E-state index contributed by atoms with van der Waals surface area (Å²) in [7, 11) is 1.56. The number of carbonyl (C=O) groups is 2. The molecule has 120 valence electrons. The Morgan fingerprint density at radius 2 is 1.27 bits per heavy atom. The van der Waals surface area contributed by atoms with E-state index in [0.29, 0.717) is 48.3 Å². The lowest BCUT2D eigenvalue weighted by atomic mass is 9.70. The summed E-state index contributed by atoms with van der Waals surface area (Å²) in [5.41, 5.74) is 0.906. The van der Waals surface area contributed by atoms with E-state index in [9.17, 15) is 9.59 Å². The van der Waals surface area contributed by atoms with Crippen LogP contribution < -0.4 is 0 Å². The Balaban J connectivity index is 2.07. The van der Waals surface area contributed by atoms with E-state index >= 15 is 0 Å². The van der Waals surface area contributed by atoms with E-state index in [4.69, 9.17) is 9.47 Å². The molecule has 0 saturated heterocycles. The average molecular weight is 304 g/mol. The van der Waals surface area contributed by atoms with Crippen LogP contribution in [-0.2, 0) is 19.1 Å². The van der Waals surface area contributed by atoms with Gasteiger partial charge in [-0.25, -0.2) is 0 Å². The molecule has 22 heavy (non-hydrogen) atoms. The third kappa shape index (κ3) is 2.43. The molecule has 0 bridgehead atoms. The Hall–Kier alpha value is -1.42. The number of hydrogen-bond donors (Lipinski definition) is 0. The van der Waals surface area contributed by atoms with Crippen LogP contribution in [-0.4, -0.2) is 24.8 Å². The molecule has 0 aromatic rings. The van der Waals surface area contributed by atoms with Gasteiger partial charge >= 0.3 is 0 Å². The van der Waals surface area contributed by atoms with Crippen LogP contribution in [0.3, 0.4) is 0 Å². The lowest BCUT2D eigenvalue weighted by Crippen LogP contribution is -2.41. The molecule has 1 aliphatic heterocycles. The van der Waals surface area contributed by atoms with Gasteiger partial charge in [0, 0.05) is 32.8 Å². The number of allylic oxidation sites excluding steroid dienone is 2. The van der Waals surface area contributed by atoms with Crippen molar-refractivity contribution in [3.8, 4) is 0 Å². The first-order chi connectivity index (χ1) is 10.1. The predicted molar refractivity (Wildman–Crippen MR) is 82.0 cm³/mol. The zero-order valence-corrected chi connectivity index (χ0v) is 14.0. The Kier molecular flexibility index (Phi) is 3.37. The summed E-state index contributed by atoms with van der Waals surface area (Å²) in [6.45, 7) is 8.28. The highest BCUT2D eigenvalue weighted by atomic mass is 16.5. The zero-order valence-electron chi connectivity index (χ0n) is 14.0. The number of rotatable bonds is 1. The number of ketones is 2. The first kappa shape index (κ1) is 15.5. The largest absolute Gasteiger partial charge is 0.465 e. The summed E-state index contributed by atoms with van der Waals surface area (Å²) < 4.78 is 11.6. The number of hydrogen-bond acceptors (Lipinski definition) is 4. The molecule has 4 heteroatoms. The fraction of sp³-hybridized carbons (Fsp3) is 0.667. The third-order valence-electron chi connectivity index (χ3n) is 4.76. The maximum absolute atomic E-state index is 12.6. The SMILES string of the molecule is COC1C2=C(CC(C)(C)CC2=O)OC2=C1C(=O)CC(C)(C)C2. The van der Waals surface area contributed by atoms with Crippen LogP contribution in [0.15, 0.2) is 22.7 Å². The van der Waals surface area contributed by atoms with Crippen LogP contribution in [0.2, 0.25) is 0 Å². The van der Waals surface area contributed by atoms with Gasteiger partial charge in [-0.3, -0.25) is 9.59 Å². The minimum atomic E-state index is -0.550. The molecule has 3 rings (SSSR count). The molecule has 0 radical (unpaired) electrons. The van der Waals surface area contributed by atoms with Crippen LogP contribution in [0.1, 0.15) is 53.4 Å². The van der Waals surface area contributed by atoms with E-state index < -0.39 is 6.10 Å². The second-order valence-corrected chi connectivity index (χ2v) is 8.27. The highest BCUT2D eigenvalue weighted by Gasteiger charge is 2.47. The Bertz CT molecular complexity index is 567. The highest BCUT2D eigenvalue weighted by Crippen LogP contribution is 2.48. The van der Waals surface area contributed by atoms with Crippen molar-refractivity contribution in [1.29, 1.82) is 0 Å². The summed E-state index contributed by atoms with van der Waals surface area (Å²) in [4.78, 5) is 25.1. The second-order valence-electron chi connectivity index (χ2n) is 8.27. The molecular weight excluding hydrogens is 280 g/mol. The van der Waals surface area contributed by atoms with E-state index in [1.165, 1.54) is 0 Å². The molecule has 0 amide bonds. The fourth-order valence-electron chi connectivity index (χ4n) is 3.85. The van der Waals surface area contributed by atoms with Crippen molar-refractivity contribution in [3.05, 3.63) is 22.7 Å². The van der Waals surface area contributed by atoms with E-state index in [1.807, 2.05) is 0 Å². The first-order valence-electron chi connectivity index (χ1n) is 7.87. The summed E-state index contributed by atoms with van der Waals surface area (Å²) >= 11 is 0. The van der Waals surface area contributed by atoms with Crippen molar-refractivity contribution in [2.24, 2.45) is 10.8 Å². The minimum absolute atomic E-state index is 0.0438. The summed E-state index contributed by atoms with van der Waals surface area (Å²) in [6, 6.07) is 0. The van der Waals surface area contributed by atoms with Crippen molar-refractivity contribution in [2.45, 2.75) is 59.5 Å². The summed E-state index contributed by atoms with van der Waals surface area (Å²) in [5.74, 6) is 1.50. The Morgan fingerprint density at radius 1 is 0.864 bits per heavy atom. The number of carbonyl (C=O) groups excluding carboxylic acids is 2. The lowest BCUT2D eigenvalue weighted by Gasteiger charge is -2.42. The standard InChI is InChI=1S/C18H24O4/c1-17(2)6-10(19)14-12(8-17)22-13-9-18(3,4)7-11(20)15(13)16(14)21-5/h16H,6-9H2,1-5H3. The van der Waals surface area contributed by atoms with Crippen LogP contribution in [0, 0.1) is 10.8 Å². The molecule has 3 aliphatic rings. The number of Topliss-reactive ketones (excluding diaryl/α,β-unsaturated/α-hetero) is 2. The van der Waals surface area contributed by atoms with Crippen LogP contribution in [0.4, 0.5) is 0 Å². The van der Waals surface area contributed by atoms with Gasteiger partial charge in [0.05, 0.1) is 11.1 Å². The molecule has 1 heterocycles. The third-order valence-corrected chi connectivity index (χ3v) is 4.76. The molecule has 4 nitrogen and oxygen atoms in total. The highest BCUT2D eigenvalue weighted by molar-refractivity contribution is 6.05. The van der Waals surface area contributed by atoms with Crippen molar-refractivity contribution < 1.29 is 19.1 Å². The van der Waals surface area contributed by atoms with E-state index in [0.717, 1.165) is 0 Å².